The Labute approximate surface area is 157 Å². The normalized spacial score (nSPS) is 11.2. The van der Waals surface area contributed by atoms with Crippen molar-refractivity contribution in [2.75, 3.05) is 13.2 Å². The van der Waals surface area contributed by atoms with Gasteiger partial charge in [-0.05, 0) is 47.1 Å². The summed E-state index contributed by atoms with van der Waals surface area (Å²) in [4.78, 5) is 11.9. The van der Waals surface area contributed by atoms with Gasteiger partial charge in [0.1, 0.15) is 12.4 Å². The standard InChI is InChI=1S/C23H31NO2/c1-5-18-6-8-19(9-7-18)10-15-22(25)24-16-17-26-21-13-11-20(12-14-21)23(2,3)4/h6-9,11-14H,5,10,15-17H2,1-4H3,(H,24,25). The van der Waals surface area contributed by atoms with Crippen LogP contribution in [-0.2, 0) is 23.1 Å². The molecule has 2 rings (SSSR count). The zero-order valence-corrected chi connectivity index (χ0v) is 16.5. The molecule has 0 atom stereocenters. The van der Waals surface area contributed by atoms with Crippen LogP contribution in [0.15, 0.2) is 48.5 Å². The van der Waals surface area contributed by atoms with Gasteiger partial charge in [-0.3, -0.25) is 4.79 Å². The van der Waals surface area contributed by atoms with Crippen molar-refractivity contribution in [3.05, 3.63) is 65.2 Å². The summed E-state index contributed by atoms with van der Waals surface area (Å²) >= 11 is 0. The topological polar surface area (TPSA) is 38.3 Å². The molecule has 26 heavy (non-hydrogen) atoms. The van der Waals surface area contributed by atoms with E-state index in [4.69, 9.17) is 4.74 Å². The first-order valence-corrected chi connectivity index (χ1v) is 9.46. The van der Waals surface area contributed by atoms with Gasteiger partial charge in [0.2, 0.25) is 5.91 Å². The third-order valence-corrected chi connectivity index (χ3v) is 4.49. The lowest BCUT2D eigenvalue weighted by atomic mass is 9.87. The Morgan fingerprint density at radius 1 is 0.962 bits per heavy atom. The second-order valence-corrected chi connectivity index (χ2v) is 7.64. The largest absolute Gasteiger partial charge is 0.492 e. The second-order valence-electron chi connectivity index (χ2n) is 7.64. The van der Waals surface area contributed by atoms with Crippen LogP contribution in [0.2, 0.25) is 0 Å². The molecule has 0 aliphatic heterocycles. The minimum atomic E-state index is 0.0660. The minimum Gasteiger partial charge on any atom is -0.492 e. The van der Waals surface area contributed by atoms with E-state index in [-0.39, 0.29) is 11.3 Å². The number of nitrogens with one attached hydrogen (secondary N) is 1. The molecule has 2 aromatic carbocycles. The average molecular weight is 354 g/mol. The number of carbonyl (C=O) groups is 1. The Morgan fingerprint density at radius 3 is 2.15 bits per heavy atom. The lowest BCUT2D eigenvalue weighted by Gasteiger charge is -2.19. The molecule has 0 unspecified atom stereocenters. The summed E-state index contributed by atoms with van der Waals surface area (Å²) in [7, 11) is 0. The van der Waals surface area contributed by atoms with E-state index in [2.05, 4.69) is 69.4 Å². The first-order chi connectivity index (χ1) is 12.4. The van der Waals surface area contributed by atoms with Crippen LogP contribution < -0.4 is 10.1 Å². The summed E-state index contributed by atoms with van der Waals surface area (Å²) in [5.41, 5.74) is 3.95. The Kier molecular flexibility index (Phi) is 7.26. The molecule has 1 amide bonds. The first kappa shape index (κ1) is 20.0. The molecule has 3 heteroatoms. The van der Waals surface area contributed by atoms with Crippen LogP contribution in [0.4, 0.5) is 0 Å². The van der Waals surface area contributed by atoms with E-state index in [1.807, 2.05) is 12.1 Å². The van der Waals surface area contributed by atoms with Gasteiger partial charge in [-0.25, -0.2) is 0 Å². The SMILES string of the molecule is CCc1ccc(CCC(=O)NCCOc2ccc(C(C)(C)C)cc2)cc1. The van der Waals surface area contributed by atoms with E-state index in [0.717, 1.165) is 18.6 Å². The molecule has 0 aliphatic carbocycles. The molecular formula is C23H31NO2. The summed E-state index contributed by atoms with van der Waals surface area (Å²) in [5.74, 6) is 0.902. The maximum Gasteiger partial charge on any atom is 0.220 e. The molecule has 0 saturated carbocycles. The van der Waals surface area contributed by atoms with E-state index < -0.39 is 0 Å². The average Bonchev–Trinajstić information content (AvgIpc) is 2.63. The quantitative estimate of drug-likeness (QED) is 0.700. The predicted octanol–water partition coefficient (Wildman–Crippen LogP) is 4.67. The molecule has 3 nitrogen and oxygen atoms in total. The fourth-order valence-electron chi connectivity index (χ4n) is 2.70. The Bertz CT molecular complexity index is 682. The van der Waals surface area contributed by atoms with Crippen LogP contribution in [-0.4, -0.2) is 19.1 Å². The maximum absolute atomic E-state index is 11.9. The Morgan fingerprint density at radius 2 is 1.58 bits per heavy atom. The van der Waals surface area contributed by atoms with Crippen molar-refractivity contribution in [2.24, 2.45) is 0 Å². The van der Waals surface area contributed by atoms with Crippen LogP contribution in [0.25, 0.3) is 0 Å². The minimum absolute atomic E-state index is 0.0660. The molecule has 0 spiro atoms. The number of amides is 1. The van der Waals surface area contributed by atoms with Gasteiger partial charge < -0.3 is 10.1 Å². The summed E-state index contributed by atoms with van der Waals surface area (Å²) in [6.07, 6.45) is 2.32. The van der Waals surface area contributed by atoms with Gasteiger partial charge in [-0.2, -0.15) is 0 Å². The van der Waals surface area contributed by atoms with Gasteiger partial charge in [0.25, 0.3) is 0 Å². The molecular weight excluding hydrogens is 322 g/mol. The van der Waals surface area contributed by atoms with E-state index in [1.165, 1.54) is 16.7 Å². The first-order valence-electron chi connectivity index (χ1n) is 9.46. The second kappa shape index (κ2) is 9.42. The summed E-state index contributed by atoms with van der Waals surface area (Å²) in [6, 6.07) is 16.6. The number of hydrogen-bond donors (Lipinski definition) is 1. The van der Waals surface area contributed by atoms with Gasteiger partial charge in [0.05, 0.1) is 6.54 Å². The van der Waals surface area contributed by atoms with Gasteiger partial charge in [0.15, 0.2) is 0 Å². The van der Waals surface area contributed by atoms with Crippen molar-refractivity contribution in [1.82, 2.24) is 5.32 Å². The van der Waals surface area contributed by atoms with E-state index in [9.17, 15) is 4.79 Å². The predicted molar refractivity (Wildman–Crippen MR) is 108 cm³/mol. The molecule has 0 heterocycles. The van der Waals surface area contributed by atoms with Gasteiger partial charge in [-0.15, -0.1) is 0 Å². The molecule has 1 N–H and O–H groups in total. The monoisotopic (exact) mass is 353 g/mol. The van der Waals surface area contributed by atoms with Crippen molar-refractivity contribution >= 4 is 5.91 Å². The third kappa shape index (κ3) is 6.55. The van der Waals surface area contributed by atoms with Crippen LogP contribution in [0, 0.1) is 0 Å². The molecule has 0 saturated heterocycles. The van der Waals surface area contributed by atoms with Crippen molar-refractivity contribution in [3.8, 4) is 5.75 Å². The number of rotatable bonds is 8. The Balaban J connectivity index is 1.65. The molecule has 2 aromatic rings. The number of hydrogen-bond acceptors (Lipinski definition) is 2. The van der Waals surface area contributed by atoms with E-state index in [1.54, 1.807) is 0 Å². The lowest BCUT2D eigenvalue weighted by molar-refractivity contribution is -0.121. The molecule has 0 bridgehead atoms. The summed E-state index contributed by atoms with van der Waals surface area (Å²) in [6.45, 7) is 9.72. The summed E-state index contributed by atoms with van der Waals surface area (Å²) in [5, 5.41) is 2.92. The van der Waals surface area contributed by atoms with Crippen molar-refractivity contribution < 1.29 is 9.53 Å². The fraction of sp³-hybridized carbons (Fsp3) is 0.435. The molecule has 140 valence electrons. The number of carbonyl (C=O) groups excluding carboxylic acids is 1. The highest BCUT2D eigenvalue weighted by Crippen LogP contribution is 2.24. The zero-order chi connectivity index (χ0) is 19.0. The van der Waals surface area contributed by atoms with Gasteiger partial charge in [0, 0.05) is 6.42 Å². The van der Waals surface area contributed by atoms with Crippen LogP contribution in [0.3, 0.4) is 0 Å². The maximum atomic E-state index is 11.9. The van der Waals surface area contributed by atoms with E-state index >= 15 is 0 Å². The lowest BCUT2D eigenvalue weighted by Crippen LogP contribution is -2.28. The van der Waals surface area contributed by atoms with Gasteiger partial charge in [-0.1, -0.05) is 64.1 Å². The number of ether oxygens (including phenoxy) is 1. The molecule has 0 aliphatic rings. The smallest absolute Gasteiger partial charge is 0.220 e. The zero-order valence-electron chi connectivity index (χ0n) is 16.5. The highest BCUT2D eigenvalue weighted by molar-refractivity contribution is 5.76. The molecule has 0 aromatic heterocycles. The third-order valence-electron chi connectivity index (χ3n) is 4.49. The highest BCUT2D eigenvalue weighted by atomic mass is 16.5. The molecule has 0 radical (unpaired) electrons. The van der Waals surface area contributed by atoms with E-state index in [0.29, 0.717) is 19.6 Å². The number of aryl methyl sites for hydroxylation is 2. The van der Waals surface area contributed by atoms with Crippen molar-refractivity contribution in [2.45, 2.75) is 52.4 Å². The van der Waals surface area contributed by atoms with Crippen LogP contribution >= 0.6 is 0 Å². The van der Waals surface area contributed by atoms with Gasteiger partial charge >= 0.3 is 0 Å². The fourth-order valence-corrected chi connectivity index (χ4v) is 2.70. The Hall–Kier alpha value is -2.29. The van der Waals surface area contributed by atoms with Crippen molar-refractivity contribution in [3.63, 3.8) is 0 Å². The molecule has 0 fully saturated rings. The van der Waals surface area contributed by atoms with Crippen LogP contribution in [0.5, 0.6) is 5.75 Å². The number of benzene rings is 2. The summed E-state index contributed by atoms with van der Waals surface area (Å²) < 4.78 is 5.70. The van der Waals surface area contributed by atoms with Crippen LogP contribution in [0.1, 0.15) is 50.8 Å². The highest BCUT2D eigenvalue weighted by Gasteiger charge is 2.12. The van der Waals surface area contributed by atoms with Crippen molar-refractivity contribution in [1.29, 1.82) is 0 Å².